The quantitative estimate of drug-likeness (QED) is 0.333. The van der Waals surface area contributed by atoms with E-state index in [9.17, 15) is 27.6 Å². The number of rotatable bonds is 8. The number of piperidine rings is 1. The van der Waals surface area contributed by atoms with Crippen molar-refractivity contribution in [3.63, 3.8) is 0 Å². The monoisotopic (exact) mass is 558 g/mol. The molecule has 2 fully saturated rings. The number of Topliss-reactive ketones (excluding diaryl/α,β-unsaturated/α-hetero) is 1. The summed E-state index contributed by atoms with van der Waals surface area (Å²) in [6.45, 7) is 5.77. The average Bonchev–Trinajstić information content (AvgIpc) is 3.23. The van der Waals surface area contributed by atoms with Gasteiger partial charge in [-0.1, -0.05) is 6.92 Å². The van der Waals surface area contributed by atoms with Gasteiger partial charge in [0.1, 0.15) is 24.1 Å². The zero-order valence-electron chi connectivity index (χ0n) is 22.5. The second-order valence-corrected chi connectivity index (χ2v) is 10.8. The van der Waals surface area contributed by atoms with Crippen LogP contribution >= 0.6 is 0 Å². The summed E-state index contributed by atoms with van der Waals surface area (Å²) in [6, 6.07) is 2.78. The fraction of sp³-hybridized carbons (Fsp3) is 0.481. The van der Waals surface area contributed by atoms with Crippen LogP contribution in [0.3, 0.4) is 0 Å². The van der Waals surface area contributed by atoms with Crippen LogP contribution in [0.4, 0.5) is 13.2 Å². The number of hydrogen-bond acceptors (Lipinski definition) is 7. The Morgan fingerprint density at radius 3 is 2.48 bits per heavy atom. The van der Waals surface area contributed by atoms with Crippen LogP contribution in [0.2, 0.25) is 0 Å². The molecule has 1 N–H and O–H groups in total. The Balaban J connectivity index is 1.40. The molecule has 2 aromatic heterocycles. The van der Waals surface area contributed by atoms with Gasteiger partial charge in [0.25, 0.3) is 0 Å². The maximum atomic E-state index is 13.6. The number of amides is 2. The number of nitrogens with zero attached hydrogens (tertiary/aromatic N) is 5. The van der Waals surface area contributed by atoms with Gasteiger partial charge in [0.2, 0.25) is 11.8 Å². The molecular formula is C27H29F3N6O4. The van der Waals surface area contributed by atoms with Gasteiger partial charge in [-0.15, -0.1) is 13.2 Å². The molecule has 1 aromatic carbocycles. The largest absolute Gasteiger partial charge is 0.522 e. The van der Waals surface area contributed by atoms with Crippen LogP contribution in [0.5, 0.6) is 0 Å². The van der Waals surface area contributed by atoms with Crippen molar-refractivity contribution < 1.29 is 32.3 Å². The molecule has 13 heteroatoms. The minimum atomic E-state index is -4.78. The van der Waals surface area contributed by atoms with Crippen molar-refractivity contribution in [2.75, 3.05) is 13.2 Å². The van der Waals surface area contributed by atoms with E-state index in [1.54, 1.807) is 19.3 Å². The third-order valence-electron chi connectivity index (χ3n) is 7.66. The number of aryl methyl sites for hydroxylation is 2. The first kappa shape index (κ1) is 27.7. The average molecular weight is 559 g/mol. The van der Waals surface area contributed by atoms with E-state index in [0.29, 0.717) is 23.1 Å². The van der Waals surface area contributed by atoms with Crippen LogP contribution in [0.1, 0.15) is 48.6 Å². The molecule has 3 heterocycles. The van der Waals surface area contributed by atoms with Gasteiger partial charge < -0.3 is 10.2 Å². The summed E-state index contributed by atoms with van der Waals surface area (Å²) in [7, 11) is 0. The molecule has 2 aliphatic rings. The Morgan fingerprint density at radius 1 is 1.12 bits per heavy atom. The molecule has 5 rings (SSSR count). The van der Waals surface area contributed by atoms with Crippen LogP contribution in [-0.4, -0.2) is 73.8 Å². The molecular weight excluding hydrogens is 529 g/mol. The second-order valence-electron chi connectivity index (χ2n) is 10.8. The number of alkyl halides is 3. The highest BCUT2D eigenvalue weighted by atomic mass is 19.4. The molecule has 0 radical (unpaired) electrons. The van der Waals surface area contributed by atoms with Crippen LogP contribution < -0.4 is 5.32 Å². The molecule has 10 nitrogen and oxygen atoms in total. The SMILES string of the molecule is CC(=O)c1nn(CC(=O)N2[C@H](C(=O)NCCOC(F)(F)F)C[C@@]3(C)C[C@@H]23)c2c(C)cc(-c3cnc(C)nc3)cc12. The minimum absolute atomic E-state index is 0.148. The molecule has 0 unspecified atom stereocenters. The van der Waals surface area contributed by atoms with Crippen LogP contribution in [0.25, 0.3) is 22.0 Å². The molecule has 1 saturated heterocycles. The highest BCUT2D eigenvalue weighted by Crippen LogP contribution is 2.59. The lowest BCUT2D eigenvalue weighted by Gasteiger charge is -2.27. The number of halogens is 3. The predicted molar refractivity (Wildman–Crippen MR) is 137 cm³/mol. The molecule has 3 aromatic rings. The van der Waals surface area contributed by atoms with Crippen molar-refractivity contribution >= 4 is 28.5 Å². The predicted octanol–water partition coefficient (Wildman–Crippen LogP) is 3.34. The van der Waals surface area contributed by atoms with Crippen molar-refractivity contribution in [2.45, 2.75) is 65.5 Å². The van der Waals surface area contributed by atoms with Gasteiger partial charge in [-0.25, -0.2) is 9.97 Å². The molecule has 40 heavy (non-hydrogen) atoms. The van der Waals surface area contributed by atoms with Gasteiger partial charge >= 0.3 is 6.36 Å². The second kappa shape index (κ2) is 9.95. The number of ether oxygens (including phenoxy) is 1. The van der Waals surface area contributed by atoms with E-state index in [0.717, 1.165) is 23.1 Å². The fourth-order valence-electron chi connectivity index (χ4n) is 5.64. The number of aromatic nitrogens is 4. The van der Waals surface area contributed by atoms with Gasteiger partial charge in [0.05, 0.1) is 12.1 Å². The molecule has 0 spiro atoms. The normalized spacial score (nSPS) is 21.9. The van der Waals surface area contributed by atoms with Crippen LogP contribution in [0, 0.1) is 19.3 Å². The number of hydrogen-bond donors (Lipinski definition) is 1. The summed E-state index contributed by atoms with van der Waals surface area (Å²) in [5.74, 6) is -0.508. The van der Waals surface area contributed by atoms with E-state index < -0.39 is 24.9 Å². The molecule has 1 aliphatic heterocycles. The number of ketones is 1. The Hall–Kier alpha value is -3.87. The topological polar surface area (TPSA) is 119 Å². The lowest BCUT2D eigenvalue weighted by molar-refractivity contribution is -0.323. The minimum Gasteiger partial charge on any atom is -0.352 e. The molecule has 0 bridgehead atoms. The number of likely N-dealkylation sites (tertiary alicyclic amines) is 1. The highest BCUT2D eigenvalue weighted by Gasteiger charge is 2.64. The first-order valence-electron chi connectivity index (χ1n) is 12.9. The zero-order chi connectivity index (χ0) is 29.0. The molecule has 1 saturated carbocycles. The Kier molecular flexibility index (Phi) is 6.89. The lowest BCUT2D eigenvalue weighted by atomic mass is 10.0. The number of carbonyl (C=O) groups excluding carboxylic acids is 3. The standard InChI is InChI=1S/C27H29F3N6O4/c1-14-7-17(18-11-32-16(3)33-12-18)8-19-23(15(2)37)34-35(24(14)19)13-22(38)36-20(9-26(4)10-21(26)36)25(39)31-5-6-40-27(28,29)30/h7-8,11-12,20-21H,5-6,9-10,13H2,1-4H3,(H,31,39)/t20-,21+,26-/m0/s1. The van der Waals surface area contributed by atoms with Crippen LogP contribution in [-0.2, 0) is 20.9 Å². The number of nitrogens with one attached hydrogen (secondary N) is 1. The Labute approximate surface area is 227 Å². The van der Waals surface area contributed by atoms with Crippen molar-refractivity contribution in [1.29, 1.82) is 0 Å². The summed E-state index contributed by atoms with van der Waals surface area (Å²) in [4.78, 5) is 49.0. The Bertz CT molecular complexity index is 1500. The smallest absolute Gasteiger partial charge is 0.352 e. The van der Waals surface area contributed by atoms with E-state index in [1.807, 2.05) is 26.0 Å². The highest BCUT2D eigenvalue weighted by molar-refractivity contribution is 6.07. The number of fused-ring (bicyclic) bond motifs is 2. The van der Waals surface area contributed by atoms with Crippen LogP contribution in [0.15, 0.2) is 24.5 Å². The summed E-state index contributed by atoms with van der Waals surface area (Å²) >= 11 is 0. The third kappa shape index (κ3) is 5.29. The summed E-state index contributed by atoms with van der Waals surface area (Å²) in [6.07, 6.45) is -0.239. The van der Waals surface area contributed by atoms with Gasteiger partial charge in [0.15, 0.2) is 5.78 Å². The maximum absolute atomic E-state index is 13.6. The van der Waals surface area contributed by atoms with Gasteiger partial charge in [-0.2, -0.15) is 5.10 Å². The van der Waals surface area contributed by atoms with E-state index in [1.165, 1.54) is 16.5 Å². The first-order chi connectivity index (χ1) is 18.8. The van der Waals surface area contributed by atoms with Gasteiger partial charge in [0, 0.05) is 42.9 Å². The first-order valence-corrected chi connectivity index (χ1v) is 12.9. The van der Waals surface area contributed by atoms with Gasteiger partial charge in [-0.05, 0) is 55.4 Å². The van der Waals surface area contributed by atoms with E-state index in [-0.39, 0.29) is 41.9 Å². The molecule has 3 atom stereocenters. The van der Waals surface area contributed by atoms with Crippen molar-refractivity contribution in [2.24, 2.45) is 5.41 Å². The lowest BCUT2D eigenvalue weighted by Crippen LogP contribution is -2.49. The molecule has 212 valence electrons. The van der Waals surface area contributed by atoms with Crippen molar-refractivity contribution in [3.8, 4) is 11.1 Å². The van der Waals surface area contributed by atoms with E-state index in [4.69, 9.17) is 0 Å². The van der Waals surface area contributed by atoms with Crippen molar-refractivity contribution in [3.05, 3.63) is 41.6 Å². The fourth-order valence-corrected chi connectivity index (χ4v) is 5.64. The van der Waals surface area contributed by atoms with Crippen molar-refractivity contribution in [1.82, 2.24) is 30.0 Å². The molecule has 2 amide bonds. The number of benzene rings is 1. The summed E-state index contributed by atoms with van der Waals surface area (Å²) < 4.78 is 42.0. The summed E-state index contributed by atoms with van der Waals surface area (Å²) in [5.41, 5.74) is 2.98. The molecule has 1 aliphatic carbocycles. The zero-order valence-corrected chi connectivity index (χ0v) is 22.5. The third-order valence-corrected chi connectivity index (χ3v) is 7.66. The van der Waals surface area contributed by atoms with E-state index >= 15 is 0 Å². The number of carbonyl (C=O) groups is 3. The summed E-state index contributed by atoms with van der Waals surface area (Å²) in [5, 5.41) is 7.53. The Morgan fingerprint density at radius 2 is 1.82 bits per heavy atom. The maximum Gasteiger partial charge on any atom is 0.522 e. The van der Waals surface area contributed by atoms with E-state index in [2.05, 4.69) is 25.1 Å². The van der Waals surface area contributed by atoms with Gasteiger partial charge in [-0.3, -0.25) is 23.8 Å².